The molecular weight excluding hydrogens is 477 g/mol. The first-order valence-electron chi connectivity index (χ1n) is 15.0. The second kappa shape index (κ2) is 17.6. The van der Waals surface area contributed by atoms with Gasteiger partial charge in [0.25, 0.3) is 0 Å². The van der Waals surface area contributed by atoms with E-state index in [-0.39, 0.29) is 12.7 Å². The van der Waals surface area contributed by atoms with Gasteiger partial charge in [0.1, 0.15) is 6.61 Å². The maximum Gasteiger partial charge on any atom is 0.475 e. The van der Waals surface area contributed by atoms with E-state index in [0.717, 1.165) is 49.7 Å². The zero-order valence-corrected chi connectivity index (χ0v) is 24.6. The van der Waals surface area contributed by atoms with Gasteiger partial charge in [-0.3, -0.25) is 9.05 Å². The average molecular weight is 535 g/mol. The number of hydrogen-bond donors (Lipinski definition) is 1. The Morgan fingerprint density at radius 2 is 1.42 bits per heavy atom. The maximum atomic E-state index is 12.7. The Bertz CT molecular complexity index is 601. The number of nitrogens with zero attached hydrogens (tertiary/aromatic N) is 1. The van der Waals surface area contributed by atoms with Crippen molar-refractivity contribution in [2.24, 2.45) is 0 Å². The Morgan fingerprint density at radius 1 is 0.889 bits per heavy atom. The lowest BCUT2D eigenvalue weighted by Gasteiger charge is -2.38. The first kappa shape index (κ1) is 32.2. The van der Waals surface area contributed by atoms with Gasteiger partial charge in [0.2, 0.25) is 5.79 Å². The number of piperidine rings is 1. The summed E-state index contributed by atoms with van der Waals surface area (Å²) < 4.78 is 36.4. The highest BCUT2D eigenvalue weighted by molar-refractivity contribution is 7.47. The van der Waals surface area contributed by atoms with Crippen LogP contribution in [0.1, 0.15) is 122 Å². The van der Waals surface area contributed by atoms with E-state index in [9.17, 15) is 9.46 Å². The van der Waals surface area contributed by atoms with E-state index in [2.05, 4.69) is 21.0 Å². The van der Waals surface area contributed by atoms with Crippen LogP contribution < -0.4 is 0 Å². The van der Waals surface area contributed by atoms with Gasteiger partial charge < -0.3 is 18.9 Å². The van der Waals surface area contributed by atoms with Gasteiger partial charge in [0, 0.05) is 25.9 Å². The van der Waals surface area contributed by atoms with Crippen LogP contribution in [0.25, 0.3) is 0 Å². The normalized spacial score (nSPS) is 24.2. The maximum absolute atomic E-state index is 12.7. The average Bonchev–Trinajstić information content (AvgIpc) is 3.27. The Morgan fingerprint density at radius 3 is 1.92 bits per heavy atom. The number of ether oxygens (including phenoxy) is 2. The van der Waals surface area contributed by atoms with Gasteiger partial charge >= 0.3 is 7.82 Å². The minimum Gasteiger partial charge on any atom is -0.376 e. The van der Waals surface area contributed by atoms with Crippen LogP contribution in [-0.2, 0) is 23.1 Å². The molecule has 2 heterocycles. The molecular formula is C28H57NO6P+. The van der Waals surface area contributed by atoms with Crippen LogP contribution in [-0.4, -0.2) is 68.3 Å². The van der Waals surface area contributed by atoms with Gasteiger partial charge in [-0.1, -0.05) is 90.4 Å². The summed E-state index contributed by atoms with van der Waals surface area (Å²) in [6.07, 6.45) is 21.2. The zero-order valence-electron chi connectivity index (χ0n) is 23.7. The lowest BCUT2D eigenvalue weighted by molar-refractivity contribution is -0.896. The largest absolute Gasteiger partial charge is 0.475 e. The number of phosphoric ester groups is 1. The van der Waals surface area contributed by atoms with Crippen LogP contribution in [0.2, 0.25) is 0 Å². The molecule has 0 aliphatic carbocycles. The standard InChI is InChI=1S/C28H56NO6P/c1-4-5-6-7-8-9-10-11-12-13-14-15-16-17-24-32-26-28(21-18-25-33-28)35-36(30,31)34-27-19-22-29(2,3)23-20-27/h27H,4-26H2,1-3H3/p+1. The highest BCUT2D eigenvalue weighted by Gasteiger charge is 2.45. The number of hydrogen-bond acceptors (Lipinski definition) is 5. The molecule has 1 N–H and O–H groups in total. The number of rotatable bonds is 21. The van der Waals surface area contributed by atoms with Gasteiger partial charge in [-0.2, -0.15) is 0 Å². The molecule has 2 rings (SSSR count). The molecule has 2 unspecified atom stereocenters. The van der Waals surface area contributed by atoms with Crippen molar-refractivity contribution in [2.75, 3.05) is 47.0 Å². The van der Waals surface area contributed by atoms with E-state index in [1.807, 2.05) is 0 Å². The van der Waals surface area contributed by atoms with Crippen molar-refractivity contribution in [3.8, 4) is 0 Å². The van der Waals surface area contributed by atoms with E-state index < -0.39 is 13.6 Å². The summed E-state index contributed by atoms with van der Waals surface area (Å²) in [5.74, 6) is -1.16. The molecule has 0 aromatic rings. The van der Waals surface area contributed by atoms with E-state index in [0.29, 0.717) is 19.6 Å². The Labute approximate surface area is 221 Å². The number of quaternary nitrogens is 1. The molecule has 8 heteroatoms. The summed E-state index contributed by atoms with van der Waals surface area (Å²) in [6.45, 7) is 5.43. The molecule has 0 amide bonds. The Hall–Kier alpha value is -0.0100. The molecule has 2 aliphatic heterocycles. The van der Waals surface area contributed by atoms with Crippen molar-refractivity contribution in [3.63, 3.8) is 0 Å². The molecule has 2 aliphatic rings. The first-order valence-corrected chi connectivity index (χ1v) is 16.5. The van der Waals surface area contributed by atoms with Crippen LogP contribution in [0.3, 0.4) is 0 Å². The topological polar surface area (TPSA) is 74.2 Å². The molecule has 0 saturated carbocycles. The van der Waals surface area contributed by atoms with Gasteiger partial charge in [-0.15, -0.1) is 0 Å². The lowest BCUT2D eigenvalue weighted by Crippen LogP contribution is -2.48. The molecule has 0 aromatic heterocycles. The molecule has 0 bridgehead atoms. The summed E-state index contributed by atoms with van der Waals surface area (Å²) in [6, 6.07) is 0. The quantitative estimate of drug-likeness (QED) is 0.0942. The molecule has 0 aromatic carbocycles. The van der Waals surface area contributed by atoms with Gasteiger partial charge in [0.05, 0.1) is 39.9 Å². The van der Waals surface area contributed by atoms with E-state index in [1.54, 1.807) is 0 Å². The monoisotopic (exact) mass is 534 g/mol. The fourth-order valence-corrected chi connectivity index (χ4v) is 6.53. The summed E-state index contributed by atoms with van der Waals surface area (Å²) in [5.41, 5.74) is 0. The SMILES string of the molecule is CCCCCCCCCCCCCCCCOCC1(OP(=O)(O)OC2CC[N+](C)(C)CC2)CCCO1. The summed E-state index contributed by atoms with van der Waals surface area (Å²) in [4.78, 5) is 10.4. The third kappa shape index (κ3) is 14.2. The molecule has 2 fully saturated rings. The van der Waals surface area contributed by atoms with Gasteiger partial charge in [0.15, 0.2) is 0 Å². The summed E-state index contributed by atoms with van der Waals surface area (Å²) >= 11 is 0. The lowest BCUT2D eigenvalue weighted by atomic mass is 10.0. The van der Waals surface area contributed by atoms with Crippen LogP contribution in [0.5, 0.6) is 0 Å². The van der Waals surface area contributed by atoms with E-state index in [4.69, 9.17) is 18.5 Å². The first-order chi connectivity index (χ1) is 17.3. The summed E-state index contributed by atoms with van der Waals surface area (Å²) in [5, 5.41) is 0. The zero-order chi connectivity index (χ0) is 26.2. The Balaban J connectivity index is 1.49. The predicted octanol–water partition coefficient (Wildman–Crippen LogP) is 7.36. The van der Waals surface area contributed by atoms with Crippen molar-refractivity contribution >= 4 is 7.82 Å². The molecule has 2 saturated heterocycles. The third-order valence-electron chi connectivity index (χ3n) is 7.71. The van der Waals surface area contributed by atoms with E-state index in [1.165, 1.54) is 77.0 Å². The van der Waals surface area contributed by atoms with Gasteiger partial charge in [-0.05, 0) is 12.8 Å². The van der Waals surface area contributed by atoms with Crippen LogP contribution in [0, 0.1) is 0 Å². The van der Waals surface area contributed by atoms with Crippen molar-refractivity contribution in [3.05, 3.63) is 0 Å². The van der Waals surface area contributed by atoms with Crippen molar-refractivity contribution in [1.82, 2.24) is 0 Å². The van der Waals surface area contributed by atoms with Crippen LogP contribution in [0.15, 0.2) is 0 Å². The number of unbranched alkanes of at least 4 members (excludes halogenated alkanes) is 13. The van der Waals surface area contributed by atoms with Gasteiger partial charge in [-0.25, -0.2) is 4.57 Å². The van der Waals surface area contributed by atoms with E-state index >= 15 is 0 Å². The number of likely N-dealkylation sites (tertiary alicyclic amines) is 1. The molecule has 214 valence electrons. The fourth-order valence-electron chi connectivity index (χ4n) is 5.28. The summed E-state index contributed by atoms with van der Waals surface area (Å²) in [7, 11) is 0.117. The van der Waals surface area contributed by atoms with Crippen molar-refractivity contribution in [1.29, 1.82) is 0 Å². The third-order valence-corrected chi connectivity index (χ3v) is 8.84. The molecule has 0 radical (unpaired) electrons. The van der Waals surface area contributed by atoms with Crippen molar-refractivity contribution in [2.45, 2.75) is 134 Å². The highest BCUT2D eigenvalue weighted by Crippen LogP contribution is 2.52. The minimum absolute atomic E-state index is 0.175. The predicted molar refractivity (Wildman–Crippen MR) is 146 cm³/mol. The van der Waals surface area contributed by atoms with Crippen LogP contribution in [0.4, 0.5) is 0 Å². The van der Waals surface area contributed by atoms with Crippen LogP contribution >= 0.6 is 7.82 Å². The highest BCUT2D eigenvalue weighted by atomic mass is 31.2. The fraction of sp³-hybridized carbons (Fsp3) is 1.00. The minimum atomic E-state index is -4.22. The molecule has 2 atom stereocenters. The smallest absolute Gasteiger partial charge is 0.376 e. The second-order valence-corrected chi connectivity index (χ2v) is 13.1. The second-order valence-electron chi connectivity index (χ2n) is 11.8. The molecule has 7 nitrogen and oxygen atoms in total. The Kier molecular flexibility index (Phi) is 15.7. The number of phosphoric acid groups is 1. The van der Waals surface area contributed by atoms with Crippen molar-refractivity contribution < 1.29 is 32.5 Å². The molecule has 36 heavy (non-hydrogen) atoms. The molecule has 0 spiro atoms.